The van der Waals surface area contributed by atoms with Crippen molar-refractivity contribution in [2.75, 3.05) is 17.2 Å². The summed E-state index contributed by atoms with van der Waals surface area (Å²) in [6, 6.07) is 29.3. The van der Waals surface area contributed by atoms with Crippen molar-refractivity contribution >= 4 is 45.3 Å². The summed E-state index contributed by atoms with van der Waals surface area (Å²) in [6.45, 7) is 2.59. The van der Waals surface area contributed by atoms with Crippen LogP contribution in [0, 0.1) is 0 Å². The number of benzene rings is 3. The van der Waals surface area contributed by atoms with Crippen LogP contribution in [-0.2, 0) is 11.3 Å². The molecule has 4 aromatic rings. The van der Waals surface area contributed by atoms with E-state index in [1.54, 1.807) is 6.92 Å². The molecule has 4 rings (SSSR count). The third kappa shape index (κ3) is 6.21. The van der Waals surface area contributed by atoms with Gasteiger partial charge in [0.15, 0.2) is 5.11 Å². The lowest BCUT2D eigenvalue weighted by Gasteiger charge is -2.12. The fraction of sp³-hybridized carbons (Fsp3) is 0.111. The van der Waals surface area contributed by atoms with Gasteiger partial charge >= 0.3 is 5.97 Å². The van der Waals surface area contributed by atoms with Crippen LogP contribution in [0.2, 0.25) is 0 Å². The molecular weight excluding hydrogens is 464 g/mol. The summed E-state index contributed by atoms with van der Waals surface area (Å²) < 4.78 is 11.1. The van der Waals surface area contributed by atoms with Gasteiger partial charge in [-0.25, -0.2) is 4.79 Å². The lowest BCUT2D eigenvalue weighted by atomic mass is 10.1. The second kappa shape index (κ2) is 11.4. The molecule has 0 atom stereocenters. The molecule has 5 nitrogen and oxygen atoms in total. The second-order valence-corrected chi connectivity index (χ2v) is 8.78. The summed E-state index contributed by atoms with van der Waals surface area (Å²) in [5, 5.41) is 7.33. The fourth-order valence-electron chi connectivity index (χ4n) is 3.23. The average Bonchev–Trinajstić information content (AvgIpc) is 3.29. The van der Waals surface area contributed by atoms with Gasteiger partial charge < -0.3 is 20.1 Å². The molecule has 0 saturated heterocycles. The molecule has 0 fully saturated rings. The number of thiophene rings is 1. The first-order valence-corrected chi connectivity index (χ1v) is 12.1. The highest BCUT2D eigenvalue weighted by Gasteiger charge is 2.19. The van der Waals surface area contributed by atoms with Crippen molar-refractivity contribution in [3.63, 3.8) is 0 Å². The van der Waals surface area contributed by atoms with E-state index in [1.165, 1.54) is 11.3 Å². The van der Waals surface area contributed by atoms with Crippen molar-refractivity contribution in [1.82, 2.24) is 0 Å². The molecule has 0 aliphatic heterocycles. The zero-order chi connectivity index (χ0) is 23.8. The van der Waals surface area contributed by atoms with Gasteiger partial charge in [0.2, 0.25) is 0 Å². The van der Waals surface area contributed by atoms with E-state index in [2.05, 4.69) is 10.6 Å². The number of hydrogen-bond donors (Lipinski definition) is 2. The van der Waals surface area contributed by atoms with Gasteiger partial charge in [-0.1, -0.05) is 60.7 Å². The van der Waals surface area contributed by atoms with Gasteiger partial charge in [-0.05, 0) is 60.6 Å². The van der Waals surface area contributed by atoms with E-state index in [4.69, 9.17) is 21.7 Å². The highest BCUT2D eigenvalue weighted by Crippen LogP contribution is 2.36. The van der Waals surface area contributed by atoms with Crippen LogP contribution in [0.3, 0.4) is 0 Å². The largest absolute Gasteiger partial charge is 0.489 e. The summed E-state index contributed by atoms with van der Waals surface area (Å²) in [5.74, 6) is 0.384. The van der Waals surface area contributed by atoms with E-state index in [0.717, 1.165) is 27.4 Å². The quantitative estimate of drug-likeness (QED) is 0.206. The Morgan fingerprint density at radius 2 is 1.59 bits per heavy atom. The van der Waals surface area contributed by atoms with Crippen molar-refractivity contribution in [2.24, 2.45) is 0 Å². The third-order valence-corrected chi connectivity index (χ3v) is 6.18. The number of esters is 1. The van der Waals surface area contributed by atoms with E-state index in [-0.39, 0.29) is 5.97 Å². The summed E-state index contributed by atoms with van der Waals surface area (Å²) in [7, 11) is 0. The van der Waals surface area contributed by atoms with Crippen LogP contribution in [-0.4, -0.2) is 17.7 Å². The minimum absolute atomic E-state index is 0.302. The van der Waals surface area contributed by atoms with Gasteiger partial charge in [0.1, 0.15) is 17.4 Å². The molecule has 0 unspecified atom stereocenters. The molecule has 0 spiro atoms. The van der Waals surface area contributed by atoms with E-state index in [9.17, 15) is 4.79 Å². The molecule has 0 amide bonds. The lowest BCUT2D eigenvalue weighted by molar-refractivity contribution is 0.0528. The normalized spacial score (nSPS) is 10.4. The van der Waals surface area contributed by atoms with Crippen LogP contribution in [0.5, 0.6) is 5.75 Å². The SMILES string of the molecule is CCOC(=O)c1cc(-c2ccccc2)sc1NC(=S)Nc1ccc(OCc2ccccc2)cc1. The maximum Gasteiger partial charge on any atom is 0.341 e. The van der Waals surface area contributed by atoms with Crippen molar-refractivity contribution in [1.29, 1.82) is 0 Å². The van der Waals surface area contributed by atoms with Crippen LogP contribution < -0.4 is 15.4 Å². The fourth-order valence-corrected chi connectivity index (χ4v) is 4.57. The summed E-state index contributed by atoms with van der Waals surface area (Å²) >= 11 is 6.96. The zero-order valence-electron chi connectivity index (χ0n) is 18.6. The van der Waals surface area contributed by atoms with Crippen molar-refractivity contribution in [3.05, 3.63) is 102 Å². The molecule has 2 N–H and O–H groups in total. The Kier molecular flexibility index (Phi) is 7.91. The van der Waals surface area contributed by atoms with E-state index in [1.807, 2.05) is 91.0 Å². The number of anilines is 2. The van der Waals surface area contributed by atoms with Crippen LogP contribution in [0.4, 0.5) is 10.7 Å². The van der Waals surface area contributed by atoms with Crippen molar-refractivity contribution in [2.45, 2.75) is 13.5 Å². The molecule has 172 valence electrons. The molecule has 3 aromatic carbocycles. The molecule has 0 aliphatic rings. The maximum absolute atomic E-state index is 12.5. The Bertz CT molecular complexity index is 1240. The number of thiocarbonyl (C=S) groups is 1. The van der Waals surface area contributed by atoms with Crippen molar-refractivity contribution in [3.8, 4) is 16.2 Å². The number of carbonyl (C=O) groups excluding carboxylic acids is 1. The second-order valence-electron chi connectivity index (χ2n) is 7.32. The smallest absolute Gasteiger partial charge is 0.341 e. The molecule has 0 radical (unpaired) electrons. The minimum atomic E-state index is -0.383. The van der Waals surface area contributed by atoms with Crippen molar-refractivity contribution < 1.29 is 14.3 Å². The first kappa shape index (κ1) is 23.5. The molecule has 0 bridgehead atoms. The number of nitrogens with one attached hydrogen (secondary N) is 2. The Morgan fingerprint density at radius 1 is 0.912 bits per heavy atom. The average molecular weight is 489 g/mol. The number of ether oxygens (including phenoxy) is 2. The van der Waals surface area contributed by atoms with Gasteiger partial charge in [-0.15, -0.1) is 11.3 Å². The van der Waals surface area contributed by atoms with Gasteiger partial charge in [0, 0.05) is 10.6 Å². The lowest BCUT2D eigenvalue weighted by Crippen LogP contribution is -2.20. The maximum atomic E-state index is 12.5. The monoisotopic (exact) mass is 488 g/mol. The highest BCUT2D eigenvalue weighted by molar-refractivity contribution is 7.80. The predicted octanol–water partition coefficient (Wildman–Crippen LogP) is 6.98. The van der Waals surface area contributed by atoms with Crippen LogP contribution in [0.25, 0.3) is 10.4 Å². The first-order chi connectivity index (χ1) is 16.6. The molecule has 0 aliphatic carbocycles. The van der Waals surface area contributed by atoms with Gasteiger partial charge in [-0.2, -0.15) is 0 Å². The van der Waals surface area contributed by atoms with E-state index < -0.39 is 0 Å². The summed E-state index contributed by atoms with van der Waals surface area (Å²) in [4.78, 5) is 13.5. The van der Waals surface area contributed by atoms with Crippen LogP contribution >= 0.6 is 23.6 Å². The van der Waals surface area contributed by atoms with Gasteiger partial charge in [0.25, 0.3) is 0 Å². The highest BCUT2D eigenvalue weighted by atomic mass is 32.1. The molecule has 1 heterocycles. The third-order valence-electron chi connectivity index (χ3n) is 4.87. The topological polar surface area (TPSA) is 59.6 Å². The number of carbonyl (C=O) groups is 1. The molecule has 0 saturated carbocycles. The zero-order valence-corrected chi connectivity index (χ0v) is 20.2. The van der Waals surface area contributed by atoms with E-state index in [0.29, 0.717) is 28.9 Å². The molecule has 7 heteroatoms. The first-order valence-electron chi connectivity index (χ1n) is 10.8. The number of rotatable bonds is 8. The minimum Gasteiger partial charge on any atom is -0.489 e. The Morgan fingerprint density at radius 3 is 2.26 bits per heavy atom. The molecular formula is C27H24N2O3S2. The van der Waals surface area contributed by atoms with Crippen LogP contribution in [0.1, 0.15) is 22.8 Å². The predicted molar refractivity (Wildman–Crippen MR) is 143 cm³/mol. The number of hydrogen-bond acceptors (Lipinski definition) is 5. The Labute approximate surface area is 208 Å². The van der Waals surface area contributed by atoms with Gasteiger partial charge in [-0.3, -0.25) is 0 Å². The summed E-state index contributed by atoms with van der Waals surface area (Å²) in [5.41, 5.74) is 3.40. The Hall–Kier alpha value is -3.68. The van der Waals surface area contributed by atoms with Gasteiger partial charge in [0.05, 0.1) is 12.2 Å². The van der Waals surface area contributed by atoms with E-state index >= 15 is 0 Å². The van der Waals surface area contributed by atoms with Crippen LogP contribution in [0.15, 0.2) is 91.0 Å². The molecule has 34 heavy (non-hydrogen) atoms. The Balaban J connectivity index is 1.41. The molecule has 1 aromatic heterocycles. The standard InChI is InChI=1S/C27H24N2O3S2/c1-2-31-26(30)23-17-24(20-11-7-4-8-12-20)34-25(23)29-27(33)28-21-13-15-22(16-14-21)32-18-19-9-5-3-6-10-19/h3-17H,2,18H2,1H3,(H2,28,29,33). The summed E-state index contributed by atoms with van der Waals surface area (Å²) in [6.07, 6.45) is 0.